The summed E-state index contributed by atoms with van der Waals surface area (Å²) in [5.41, 5.74) is 0.388. The van der Waals surface area contributed by atoms with Gasteiger partial charge in [0.15, 0.2) is 0 Å². The standard InChI is InChI=1S/C12H15F3N2O/c1-7-8(10-4-3-5-16-10)6-9(12(13,14)15)11(17-7)18-2/h6,10,16H,3-5H2,1-2H3. The van der Waals surface area contributed by atoms with E-state index in [-0.39, 0.29) is 11.9 Å². The molecule has 0 bridgehead atoms. The van der Waals surface area contributed by atoms with Crippen molar-refractivity contribution in [1.29, 1.82) is 0 Å². The highest BCUT2D eigenvalue weighted by atomic mass is 19.4. The molecule has 1 unspecified atom stereocenters. The fourth-order valence-corrected chi connectivity index (χ4v) is 2.26. The van der Waals surface area contributed by atoms with E-state index in [1.165, 1.54) is 7.11 Å². The molecule has 6 heteroatoms. The largest absolute Gasteiger partial charge is 0.481 e. The first kappa shape index (κ1) is 13.1. The second kappa shape index (κ2) is 4.76. The maximum Gasteiger partial charge on any atom is 0.421 e. The van der Waals surface area contributed by atoms with Gasteiger partial charge in [-0.2, -0.15) is 13.2 Å². The molecule has 1 atom stereocenters. The third-order valence-corrected chi connectivity index (χ3v) is 3.15. The average molecular weight is 260 g/mol. The predicted molar refractivity (Wildman–Crippen MR) is 60.5 cm³/mol. The molecule has 1 saturated heterocycles. The number of alkyl halides is 3. The molecule has 2 rings (SSSR count). The van der Waals surface area contributed by atoms with Crippen molar-refractivity contribution in [2.75, 3.05) is 13.7 Å². The molecule has 0 aliphatic carbocycles. The summed E-state index contributed by atoms with van der Waals surface area (Å²) >= 11 is 0. The van der Waals surface area contributed by atoms with E-state index in [0.29, 0.717) is 11.3 Å². The minimum atomic E-state index is -4.45. The highest BCUT2D eigenvalue weighted by Crippen LogP contribution is 2.38. The zero-order valence-corrected chi connectivity index (χ0v) is 10.3. The SMILES string of the molecule is COc1nc(C)c(C2CCCN2)cc1C(F)(F)F. The number of halogens is 3. The van der Waals surface area contributed by atoms with Gasteiger partial charge in [-0.15, -0.1) is 0 Å². The van der Waals surface area contributed by atoms with Crippen LogP contribution in [0.2, 0.25) is 0 Å². The molecule has 1 aliphatic rings. The van der Waals surface area contributed by atoms with Crippen LogP contribution >= 0.6 is 0 Å². The number of aryl methyl sites for hydroxylation is 1. The van der Waals surface area contributed by atoms with E-state index >= 15 is 0 Å². The third kappa shape index (κ3) is 2.43. The van der Waals surface area contributed by atoms with Crippen molar-refractivity contribution in [3.8, 4) is 5.88 Å². The van der Waals surface area contributed by atoms with Gasteiger partial charge in [0.25, 0.3) is 0 Å². The molecule has 100 valence electrons. The quantitative estimate of drug-likeness (QED) is 0.887. The summed E-state index contributed by atoms with van der Waals surface area (Å²) in [7, 11) is 1.20. The topological polar surface area (TPSA) is 34.1 Å². The van der Waals surface area contributed by atoms with Crippen molar-refractivity contribution in [3.05, 3.63) is 22.9 Å². The number of hydrogen-bond acceptors (Lipinski definition) is 3. The first-order valence-electron chi connectivity index (χ1n) is 5.79. The monoisotopic (exact) mass is 260 g/mol. The number of aromatic nitrogens is 1. The summed E-state index contributed by atoms with van der Waals surface area (Å²) in [6.07, 6.45) is -2.64. The molecule has 3 nitrogen and oxygen atoms in total. The van der Waals surface area contributed by atoms with Gasteiger partial charge in [-0.3, -0.25) is 0 Å². The molecular formula is C12H15F3N2O. The van der Waals surface area contributed by atoms with Crippen molar-refractivity contribution < 1.29 is 17.9 Å². The van der Waals surface area contributed by atoms with Crippen molar-refractivity contribution >= 4 is 0 Å². The van der Waals surface area contributed by atoms with E-state index < -0.39 is 11.7 Å². The van der Waals surface area contributed by atoms with Crippen LogP contribution in [0, 0.1) is 6.92 Å². The van der Waals surface area contributed by atoms with Crippen LogP contribution in [-0.2, 0) is 6.18 Å². The lowest BCUT2D eigenvalue weighted by atomic mass is 10.0. The third-order valence-electron chi connectivity index (χ3n) is 3.15. The van der Waals surface area contributed by atoms with Gasteiger partial charge in [0.2, 0.25) is 5.88 Å². The second-order valence-electron chi connectivity index (χ2n) is 4.37. The molecule has 1 aromatic rings. The average Bonchev–Trinajstić information content (AvgIpc) is 2.80. The molecule has 2 heterocycles. The van der Waals surface area contributed by atoms with Gasteiger partial charge >= 0.3 is 6.18 Å². The first-order chi connectivity index (χ1) is 8.43. The van der Waals surface area contributed by atoms with Crippen molar-refractivity contribution in [1.82, 2.24) is 10.3 Å². The zero-order chi connectivity index (χ0) is 13.3. The van der Waals surface area contributed by atoms with Crippen molar-refractivity contribution in [3.63, 3.8) is 0 Å². The Kier molecular flexibility index (Phi) is 3.47. The van der Waals surface area contributed by atoms with Crippen molar-refractivity contribution in [2.45, 2.75) is 32.0 Å². The fraction of sp³-hybridized carbons (Fsp3) is 0.583. The minimum Gasteiger partial charge on any atom is -0.481 e. The summed E-state index contributed by atoms with van der Waals surface area (Å²) in [5.74, 6) is -0.359. The van der Waals surface area contributed by atoms with Crippen LogP contribution in [0.15, 0.2) is 6.07 Å². The van der Waals surface area contributed by atoms with Crippen LogP contribution in [0.4, 0.5) is 13.2 Å². The highest BCUT2D eigenvalue weighted by molar-refractivity contribution is 5.38. The fourth-order valence-electron chi connectivity index (χ4n) is 2.26. The molecule has 18 heavy (non-hydrogen) atoms. The Labute approximate surface area is 103 Å². The summed E-state index contributed by atoms with van der Waals surface area (Å²) in [4.78, 5) is 3.92. The van der Waals surface area contributed by atoms with Crippen LogP contribution < -0.4 is 10.1 Å². The summed E-state index contributed by atoms with van der Waals surface area (Å²) in [6, 6.07) is 1.12. The van der Waals surface area contributed by atoms with E-state index in [1.807, 2.05) is 0 Å². The van der Waals surface area contributed by atoms with Crippen LogP contribution in [0.5, 0.6) is 5.88 Å². The molecule has 0 aromatic carbocycles. The van der Waals surface area contributed by atoms with Crippen LogP contribution in [0.3, 0.4) is 0 Å². The lowest BCUT2D eigenvalue weighted by molar-refractivity contribution is -0.139. The van der Waals surface area contributed by atoms with Crippen molar-refractivity contribution in [2.24, 2.45) is 0 Å². The van der Waals surface area contributed by atoms with Crippen LogP contribution in [0.25, 0.3) is 0 Å². The summed E-state index contributed by atoms with van der Waals surface area (Å²) < 4.78 is 43.4. The second-order valence-corrected chi connectivity index (χ2v) is 4.37. The van der Waals surface area contributed by atoms with Crippen LogP contribution in [0.1, 0.15) is 35.7 Å². The van der Waals surface area contributed by atoms with Gasteiger partial charge < -0.3 is 10.1 Å². The Hall–Kier alpha value is -1.30. The van der Waals surface area contributed by atoms with E-state index in [0.717, 1.165) is 25.5 Å². The smallest absolute Gasteiger partial charge is 0.421 e. The molecule has 1 aromatic heterocycles. The van der Waals surface area contributed by atoms with E-state index in [2.05, 4.69) is 10.3 Å². The predicted octanol–water partition coefficient (Wildman–Crippen LogP) is 2.84. The van der Waals surface area contributed by atoms with Gasteiger partial charge in [-0.1, -0.05) is 0 Å². The number of nitrogens with zero attached hydrogens (tertiary/aromatic N) is 1. The Bertz CT molecular complexity index is 440. The lowest BCUT2D eigenvalue weighted by Crippen LogP contribution is -2.17. The molecular weight excluding hydrogens is 245 g/mol. The Morgan fingerprint density at radius 2 is 2.17 bits per heavy atom. The number of pyridine rings is 1. The molecule has 1 fully saturated rings. The lowest BCUT2D eigenvalue weighted by Gasteiger charge is -2.18. The number of nitrogens with one attached hydrogen (secondary N) is 1. The van der Waals surface area contributed by atoms with Gasteiger partial charge in [0, 0.05) is 11.7 Å². The highest BCUT2D eigenvalue weighted by Gasteiger charge is 2.37. The normalized spacial score (nSPS) is 20.2. The maximum atomic E-state index is 12.9. The molecule has 0 amide bonds. The Balaban J connectivity index is 2.48. The summed E-state index contributed by atoms with van der Waals surface area (Å²) in [5, 5.41) is 3.18. The van der Waals surface area contributed by atoms with Crippen LogP contribution in [-0.4, -0.2) is 18.6 Å². The number of rotatable bonds is 2. The number of methoxy groups -OCH3 is 1. The van der Waals surface area contributed by atoms with E-state index in [9.17, 15) is 13.2 Å². The molecule has 1 N–H and O–H groups in total. The van der Waals surface area contributed by atoms with Gasteiger partial charge in [-0.25, -0.2) is 4.98 Å². The maximum absolute atomic E-state index is 12.9. The summed E-state index contributed by atoms with van der Waals surface area (Å²) in [6.45, 7) is 2.54. The zero-order valence-electron chi connectivity index (χ0n) is 10.3. The molecule has 0 spiro atoms. The van der Waals surface area contributed by atoms with Gasteiger partial charge in [0.05, 0.1) is 7.11 Å². The molecule has 0 radical (unpaired) electrons. The molecule has 0 saturated carbocycles. The minimum absolute atomic E-state index is 0.0375. The van der Waals surface area contributed by atoms with Gasteiger partial charge in [-0.05, 0) is 37.9 Å². The van der Waals surface area contributed by atoms with Gasteiger partial charge in [0.1, 0.15) is 5.56 Å². The van der Waals surface area contributed by atoms with E-state index in [1.54, 1.807) is 6.92 Å². The number of hydrogen-bond donors (Lipinski definition) is 1. The van der Waals surface area contributed by atoms with E-state index in [4.69, 9.17) is 4.74 Å². The Morgan fingerprint density at radius 1 is 1.44 bits per heavy atom. The number of ether oxygens (including phenoxy) is 1. The first-order valence-corrected chi connectivity index (χ1v) is 5.79. The molecule has 1 aliphatic heterocycles. The Morgan fingerprint density at radius 3 is 2.67 bits per heavy atom.